The number of thioether (sulfide) groups is 1. The molecule has 0 aliphatic rings. The molecule has 0 aliphatic carbocycles. The molecular formula is C28H31N3O2S. The Kier molecular flexibility index (Phi) is 7.08. The van der Waals surface area contributed by atoms with Gasteiger partial charge >= 0.3 is 0 Å². The molecule has 0 saturated carbocycles. The van der Waals surface area contributed by atoms with Gasteiger partial charge in [-0.2, -0.15) is 0 Å². The van der Waals surface area contributed by atoms with Gasteiger partial charge in [0, 0.05) is 51.9 Å². The number of nitrogens with zero attached hydrogens (tertiary/aromatic N) is 3. The summed E-state index contributed by atoms with van der Waals surface area (Å²) >= 11 is 1.79. The van der Waals surface area contributed by atoms with Crippen molar-refractivity contribution in [2.24, 2.45) is 7.05 Å². The molecule has 0 fully saturated rings. The average molecular weight is 474 g/mol. The first-order valence-electron chi connectivity index (χ1n) is 11.4. The molecule has 1 unspecified atom stereocenters. The second-order valence-electron chi connectivity index (χ2n) is 9.59. The van der Waals surface area contributed by atoms with Crippen molar-refractivity contribution in [3.63, 3.8) is 0 Å². The molecule has 5 nitrogen and oxygen atoms in total. The van der Waals surface area contributed by atoms with E-state index in [1.54, 1.807) is 18.0 Å². The highest BCUT2D eigenvalue weighted by molar-refractivity contribution is 8.00. The number of ether oxygens (including phenoxy) is 1. The minimum absolute atomic E-state index is 0.0204. The summed E-state index contributed by atoms with van der Waals surface area (Å²) in [6, 6.07) is 14.1. The molecule has 3 aromatic heterocycles. The number of carbonyl (C=O) groups is 1. The van der Waals surface area contributed by atoms with Gasteiger partial charge in [-0.15, -0.1) is 11.8 Å². The number of benzene rings is 1. The minimum atomic E-state index is -0.271. The highest BCUT2D eigenvalue weighted by Gasteiger charge is 2.27. The summed E-state index contributed by atoms with van der Waals surface area (Å²) in [6.45, 7) is 9.02. The van der Waals surface area contributed by atoms with Crippen molar-refractivity contribution in [1.82, 2.24) is 14.5 Å². The quantitative estimate of drug-likeness (QED) is 0.223. The molecule has 0 amide bonds. The molecule has 0 radical (unpaired) electrons. The number of aldehydes is 1. The lowest BCUT2D eigenvalue weighted by molar-refractivity contribution is -0.109. The van der Waals surface area contributed by atoms with Crippen LogP contribution in [-0.4, -0.2) is 25.6 Å². The number of fused-ring (bicyclic) bond motifs is 1. The largest absolute Gasteiger partial charge is 0.487 e. The molecule has 34 heavy (non-hydrogen) atoms. The molecule has 0 spiro atoms. The normalized spacial score (nSPS) is 12.6. The van der Waals surface area contributed by atoms with E-state index >= 15 is 0 Å². The van der Waals surface area contributed by atoms with Crippen molar-refractivity contribution in [3.05, 3.63) is 83.6 Å². The third-order valence-electron chi connectivity index (χ3n) is 5.63. The summed E-state index contributed by atoms with van der Waals surface area (Å²) in [5, 5.41) is 1.10. The zero-order valence-electron chi connectivity index (χ0n) is 20.4. The van der Waals surface area contributed by atoms with Gasteiger partial charge in [0.15, 0.2) is 0 Å². The van der Waals surface area contributed by atoms with E-state index in [0.29, 0.717) is 13.0 Å². The van der Waals surface area contributed by atoms with Crippen LogP contribution in [0.5, 0.6) is 5.75 Å². The number of hydrogen-bond donors (Lipinski definition) is 0. The van der Waals surface area contributed by atoms with Crippen LogP contribution in [0.3, 0.4) is 0 Å². The zero-order chi connectivity index (χ0) is 24.3. The molecule has 3 heterocycles. The van der Waals surface area contributed by atoms with Crippen LogP contribution in [0.1, 0.15) is 49.2 Å². The van der Waals surface area contributed by atoms with Crippen LogP contribution in [0.4, 0.5) is 0 Å². The van der Waals surface area contributed by atoms with E-state index < -0.39 is 0 Å². The standard InChI is InChI=1S/C28H31N3O2S/c1-19-8-9-22(30-15-19)18-33-23-10-11-25-24(14-23)27(34-28(2,3)4)26(31(25)5)21(17-32)13-20-7-6-12-29-16-20/h6-12,14-17,21H,13,18H2,1-5H3. The molecule has 1 atom stereocenters. The Labute approximate surface area is 205 Å². The molecule has 0 N–H and O–H groups in total. The van der Waals surface area contributed by atoms with Crippen LogP contribution in [0.2, 0.25) is 0 Å². The first kappa shape index (κ1) is 24.0. The van der Waals surface area contributed by atoms with Crippen LogP contribution < -0.4 is 4.74 Å². The van der Waals surface area contributed by atoms with Crippen molar-refractivity contribution in [1.29, 1.82) is 0 Å². The van der Waals surface area contributed by atoms with Crippen LogP contribution in [0.25, 0.3) is 10.9 Å². The predicted octanol–water partition coefficient (Wildman–Crippen LogP) is 6.27. The third-order valence-corrected chi connectivity index (χ3v) is 6.88. The van der Waals surface area contributed by atoms with Crippen molar-refractivity contribution in [3.8, 4) is 5.75 Å². The molecule has 0 bridgehead atoms. The molecule has 6 heteroatoms. The maximum absolute atomic E-state index is 12.3. The first-order chi connectivity index (χ1) is 16.2. The number of aromatic nitrogens is 3. The SMILES string of the molecule is Cc1ccc(COc2ccc3c(c2)c(SC(C)(C)C)c(C(C=O)Cc2cccnc2)n3C)nc1. The second-order valence-corrected chi connectivity index (χ2v) is 11.4. The monoisotopic (exact) mass is 473 g/mol. The fourth-order valence-electron chi connectivity index (χ4n) is 4.05. The van der Waals surface area contributed by atoms with Gasteiger partial charge in [-0.25, -0.2) is 0 Å². The van der Waals surface area contributed by atoms with E-state index in [2.05, 4.69) is 47.4 Å². The predicted molar refractivity (Wildman–Crippen MR) is 139 cm³/mol. The van der Waals surface area contributed by atoms with Gasteiger partial charge in [0.25, 0.3) is 0 Å². The number of pyridine rings is 2. The Morgan fingerprint density at radius 2 is 1.97 bits per heavy atom. The van der Waals surface area contributed by atoms with Gasteiger partial charge in [0.1, 0.15) is 18.6 Å². The Morgan fingerprint density at radius 1 is 1.15 bits per heavy atom. The van der Waals surface area contributed by atoms with E-state index in [0.717, 1.165) is 50.3 Å². The number of rotatable bonds is 8. The molecule has 1 aromatic carbocycles. The van der Waals surface area contributed by atoms with Crippen LogP contribution >= 0.6 is 11.8 Å². The smallest absolute Gasteiger partial charge is 0.130 e. The van der Waals surface area contributed by atoms with Gasteiger partial charge < -0.3 is 14.1 Å². The topological polar surface area (TPSA) is 57.0 Å². The van der Waals surface area contributed by atoms with Gasteiger partial charge in [-0.1, -0.05) is 32.9 Å². The molecule has 4 rings (SSSR count). The Morgan fingerprint density at radius 3 is 2.62 bits per heavy atom. The lowest BCUT2D eigenvalue weighted by atomic mass is 9.98. The minimum Gasteiger partial charge on any atom is -0.487 e. The lowest BCUT2D eigenvalue weighted by Crippen LogP contribution is -2.13. The van der Waals surface area contributed by atoms with Crippen molar-refractivity contribution in [2.45, 2.75) is 56.3 Å². The van der Waals surface area contributed by atoms with Gasteiger partial charge in [-0.05, 0) is 54.8 Å². The van der Waals surface area contributed by atoms with Gasteiger partial charge in [0.05, 0.1) is 11.6 Å². The maximum atomic E-state index is 12.3. The molecular weight excluding hydrogens is 442 g/mol. The van der Waals surface area contributed by atoms with Gasteiger partial charge in [-0.3, -0.25) is 9.97 Å². The highest BCUT2D eigenvalue weighted by Crippen LogP contribution is 2.44. The van der Waals surface area contributed by atoms with E-state index in [4.69, 9.17) is 4.74 Å². The fourth-order valence-corrected chi connectivity index (χ4v) is 5.33. The third kappa shape index (κ3) is 5.50. The summed E-state index contributed by atoms with van der Waals surface area (Å²) in [4.78, 5) is 22.1. The molecule has 0 aliphatic heterocycles. The first-order valence-corrected chi connectivity index (χ1v) is 12.3. The van der Waals surface area contributed by atoms with Crippen molar-refractivity contribution in [2.75, 3.05) is 0 Å². The Hall–Kier alpha value is -3.12. The number of aryl methyl sites for hydroxylation is 2. The van der Waals surface area contributed by atoms with Gasteiger partial charge in [0.2, 0.25) is 0 Å². The molecule has 176 valence electrons. The average Bonchev–Trinajstić information content (AvgIpc) is 3.07. The zero-order valence-corrected chi connectivity index (χ0v) is 21.2. The lowest BCUT2D eigenvalue weighted by Gasteiger charge is -2.21. The number of carbonyl (C=O) groups excluding carboxylic acids is 1. The van der Waals surface area contributed by atoms with Crippen molar-refractivity contribution >= 4 is 29.0 Å². The van der Waals surface area contributed by atoms with Crippen LogP contribution in [0.15, 0.2) is 66.0 Å². The fraction of sp³-hybridized carbons (Fsp3) is 0.321. The number of hydrogen-bond acceptors (Lipinski definition) is 5. The summed E-state index contributed by atoms with van der Waals surface area (Å²) in [5.41, 5.74) is 5.18. The molecule has 0 saturated heterocycles. The molecule has 4 aromatic rings. The van der Waals surface area contributed by atoms with E-state index in [1.807, 2.05) is 56.7 Å². The maximum Gasteiger partial charge on any atom is 0.130 e. The summed E-state index contributed by atoms with van der Waals surface area (Å²) in [7, 11) is 2.04. The van der Waals surface area contributed by atoms with E-state index in [1.165, 1.54) is 0 Å². The summed E-state index contributed by atoms with van der Waals surface area (Å²) < 4.78 is 8.23. The Balaban J connectivity index is 1.73. The summed E-state index contributed by atoms with van der Waals surface area (Å²) in [6.07, 6.45) is 7.12. The second kappa shape index (κ2) is 10.0. The summed E-state index contributed by atoms with van der Waals surface area (Å²) in [5.74, 6) is 0.519. The van der Waals surface area contributed by atoms with Crippen molar-refractivity contribution < 1.29 is 9.53 Å². The van der Waals surface area contributed by atoms with E-state index in [9.17, 15) is 4.79 Å². The van der Waals surface area contributed by atoms with E-state index in [-0.39, 0.29) is 10.7 Å². The highest BCUT2D eigenvalue weighted by atomic mass is 32.2. The van der Waals surface area contributed by atoms with Crippen LogP contribution in [0, 0.1) is 6.92 Å². The van der Waals surface area contributed by atoms with Crippen LogP contribution in [-0.2, 0) is 24.9 Å². The Bertz CT molecular complexity index is 1280.